The fraction of sp³-hybridized carbons (Fsp3) is 0.222. The first-order chi connectivity index (χ1) is 8.20. The molecule has 0 radical (unpaired) electrons. The van der Waals surface area contributed by atoms with Crippen LogP contribution in [0, 0.1) is 0 Å². The maximum Gasteiger partial charge on any atom is 0.369 e. The third-order valence-electron chi connectivity index (χ3n) is 1.70. The number of esters is 1. The van der Waals surface area contributed by atoms with Crippen molar-refractivity contribution in [3.8, 4) is 10.7 Å². The van der Waals surface area contributed by atoms with Crippen LogP contribution in [0.1, 0.15) is 16.7 Å². The molecule has 0 N–H and O–H groups in total. The highest BCUT2D eigenvalue weighted by Crippen LogP contribution is 2.22. The Hall–Kier alpha value is -1.60. The molecule has 2 aromatic rings. The monoisotopic (exact) mass is 270 g/mol. The summed E-state index contributed by atoms with van der Waals surface area (Å²) in [6, 6.07) is 0. The second-order valence-electron chi connectivity index (χ2n) is 2.86. The Morgan fingerprint density at radius 2 is 2.29 bits per heavy atom. The predicted octanol–water partition coefficient (Wildman–Crippen LogP) is 1.83. The van der Waals surface area contributed by atoms with Gasteiger partial charge >= 0.3 is 5.97 Å². The van der Waals surface area contributed by atoms with Crippen LogP contribution < -0.4 is 0 Å². The minimum absolute atomic E-state index is 0.184. The number of nitrogens with zero attached hydrogens (tertiary/aromatic N) is 4. The first-order valence-corrected chi connectivity index (χ1v) is 5.88. The largest absolute Gasteiger partial charge is 0.461 e. The number of carbonyl (C=O) groups is 1. The van der Waals surface area contributed by atoms with Crippen LogP contribution in [0.2, 0.25) is 5.15 Å². The van der Waals surface area contributed by atoms with Crippen LogP contribution in [0.4, 0.5) is 0 Å². The average Bonchev–Trinajstić information content (AvgIpc) is 2.78. The predicted molar refractivity (Wildman–Crippen MR) is 61.9 cm³/mol. The topological polar surface area (TPSA) is 77.9 Å². The van der Waals surface area contributed by atoms with E-state index in [9.17, 15) is 4.79 Å². The van der Waals surface area contributed by atoms with Crippen molar-refractivity contribution < 1.29 is 9.53 Å². The molecule has 0 aromatic carbocycles. The lowest BCUT2D eigenvalue weighted by atomic mass is 10.5. The summed E-state index contributed by atoms with van der Waals surface area (Å²) in [5.74, 6) is -0.494. The van der Waals surface area contributed by atoms with Gasteiger partial charge in [-0.15, -0.1) is 10.2 Å². The van der Waals surface area contributed by atoms with Crippen LogP contribution in [-0.4, -0.2) is 32.7 Å². The highest BCUT2D eigenvalue weighted by molar-refractivity contribution is 7.16. The highest BCUT2D eigenvalue weighted by Gasteiger charge is 2.15. The molecule has 0 fully saturated rings. The number of halogens is 1. The van der Waals surface area contributed by atoms with E-state index in [1.54, 1.807) is 6.92 Å². The second-order valence-corrected chi connectivity index (χ2v) is 4.22. The van der Waals surface area contributed by atoms with E-state index in [1.165, 1.54) is 12.4 Å². The molecule has 0 unspecified atom stereocenters. The van der Waals surface area contributed by atoms with Gasteiger partial charge in [-0.2, -0.15) is 0 Å². The van der Waals surface area contributed by atoms with Gasteiger partial charge in [0.2, 0.25) is 5.01 Å². The van der Waals surface area contributed by atoms with E-state index >= 15 is 0 Å². The molecule has 0 bridgehead atoms. The second kappa shape index (κ2) is 5.15. The Kier molecular flexibility index (Phi) is 3.60. The van der Waals surface area contributed by atoms with E-state index in [0.29, 0.717) is 17.3 Å². The number of aromatic nitrogens is 4. The Labute approximate surface area is 106 Å². The summed E-state index contributed by atoms with van der Waals surface area (Å²) in [4.78, 5) is 19.3. The molecule has 88 valence electrons. The van der Waals surface area contributed by atoms with Gasteiger partial charge in [0, 0.05) is 0 Å². The Balaban J connectivity index is 2.27. The smallest absolute Gasteiger partial charge is 0.369 e. The van der Waals surface area contributed by atoms with Gasteiger partial charge in [0.25, 0.3) is 0 Å². The van der Waals surface area contributed by atoms with Gasteiger partial charge in [-0.3, -0.25) is 4.98 Å². The summed E-state index contributed by atoms with van der Waals surface area (Å²) in [7, 11) is 0. The van der Waals surface area contributed by atoms with Crippen molar-refractivity contribution >= 4 is 28.9 Å². The molecular weight excluding hydrogens is 264 g/mol. The van der Waals surface area contributed by atoms with Gasteiger partial charge in [0.05, 0.1) is 19.0 Å². The van der Waals surface area contributed by atoms with Crippen molar-refractivity contribution in [2.24, 2.45) is 0 Å². The molecule has 0 spiro atoms. The fourth-order valence-electron chi connectivity index (χ4n) is 1.05. The Bertz CT molecular complexity index is 545. The van der Waals surface area contributed by atoms with Crippen LogP contribution >= 0.6 is 22.9 Å². The van der Waals surface area contributed by atoms with Gasteiger partial charge in [-0.1, -0.05) is 22.9 Å². The molecule has 0 aliphatic heterocycles. The van der Waals surface area contributed by atoms with E-state index in [-0.39, 0.29) is 10.2 Å². The minimum atomic E-state index is -0.494. The zero-order valence-corrected chi connectivity index (χ0v) is 10.3. The molecule has 17 heavy (non-hydrogen) atoms. The van der Waals surface area contributed by atoms with Crippen LogP contribution in [0.3, 0.4) is 0 Å². The van der Waals surface area contributed by atoms with E-state index in [2.05, 4.69) is 20.2 Å². The Morgan fingerprint density at radius 1 is 1.47 bits per heavy atom. The van der Waals surface area contributed by atoms with Crippen molar-refractivity contribution in [3.05, 3.63) is 22.6 Å². The molecule has 0 aliphatic rings. The molecule has 2 aromatic heterocycles. The molecule has 0 amide bonds. The summed E-state index contributed by atoms with van der Waals surface area (Å²) in [6.07, 6.45) is 2.92. The molecule has 0 saturated carbocycles. The SMILES string of the molecule is CCOC(=O)c1nnc(-c2cncc(Cl)n2)s1. The van der Waals surface area contributed by atoms with Crippen molar-refractivity contribution in [2.45, 2.75) is 6.92 Å². The average molecular weight is 271 g/mol. The molecule has 8 heteroatoms. The number of hydrogen-bond donors (Lipinski definition) is 0. The molecule has 0 atom stereocenters. The molecule has 6 nitrogen and oxygen atoms in total. The molecule has 2 heterocycles. The van der Waals surface area contributed by atoms with Gasteiger partial charge < -0.3 is 4.74 Å². The highest BCUT2D eigenvalue weighted by atomic mass is 35.5. The maximum atomic E-state index is 11.4. The lowest BCUT2D eigenvalue weighted by Gasteiger charge is -1.95. The first kappa shape index (κ1) is 11.9. The zero-order chi connectivity index (χ0) is 12.3. The lowest BCUT2D eigenvalue weighted by Crippen LogP contribution is -2.03. The number of rotatable bonds is 3. The zero-order valence-electron chi connectivity index (χ0n) is 8.75. The van der Waals surface area contributed by atoms with E-state index < -0.39 is 5.97 Å². The van der Waals surface area contributed by atoms with Crippen LogP contribution in [0.15, 0.2) is 12.4 Å². The number of hydrogen-bond acceptors (Lipinski definition) is 7. The first-order valence-electron chi connectivity index (χ1n) is 4.69. The minimum Gasteiger partial charge on any atom is -0.461 e. The van der Waals surface area contributed by atoms with Gasteiger partial charge in [0.15, 0.2) is 5.01 Å². The standard InChI is InChI=1S/C9H7ClN4O2S/c1-2-16-9(15)8-14-13-7(17-8)5-3-11-4-6(10)12-5/h3-4H,2H2,1H3. The van der Waals surface area contributed by atoms with Gasteiger partial charge in [-0.05, 0) is 6.92 Å². The molecule has 2 rings (SSSR count). The molecule has 0 aliphatic carbocycles. The van der Waals surface area contributed by atoms with E-state index in [4.69, 9.17) is 16.3 Å². The van der Waals surface area contributed by atoms with Crippen molar-refractivity contribution in [1.29, 1.82) is 0 Å². The quantitative estimate of drug-likeness (QED) is 0.792. The molecule has 0 saturated heterocycles. The van der Waals surface area contributed by atoms with Crippen molar-refractivity contribution in [3.63, 3.8) is 0 Å². The Morgan fingerprint density at radius 3 is 3.00 bits per heavy atom. The summed E-state index contributed by atoms with van der Waals surface area (Å²) in [5, 5.41) is 8.48. The third-order valence-corrected chi connectivity index (χ3v) is 2.81. The maximum absolute atomic E-state index is 11.4. The summed E-state index contributed by atoms with van der Waals surface area (Å²) in [5.41, 5.74) is 0.477. The van der Waals surface area contributed by atoms with Gasteiger partial charge in [-0.25, -0.2) is 9.78 Å². The molecular formula is C9H7ClN4O2S. The summed E-state index contributed by atoms with van der Waals surface area (Å²) >= 11 is 6.79. The van der Waals surface area contributed by atoms with E-state index in [1.807, 2.05) is 0 Å². The number of ether oxygens (including phenoxy) is 1. The summed E-state index contributed by atoms with van der Waals surface area (Å²) in [6.45, 7) is 2.02. The van der Waals surface area contributed by atoms with Crippen LogP contribution in [0.5, 0.6) is 0 Å². The van der Waals surface area contributed by atoms with E-state index in [0.717, 1.165) is 11.3 Å². The summed E-state index contributed by atoms with van der Waals surface area (Å²) < 4.78 is 4.81. The lowest BCUT2D eigenvalue weighted by molar-refractivity contribution is 0.0525. The number of carbonyl (C=O) groups excluding carboxylic acids is 1. The van der Waals surface area contributed by atoms with Crippen molar-refractivity contribution in [2.75, 3.05) is 6.61 Å². The fourth-order valence-corrected chi connectivity index (χ4v) is 1.89. The van der Waals surface area contributed by atoms with Crippen LogP contribution in [0.25, 0.3) is 10.7 Å². The third kappa shape index (κ3) is 2.75. The normalized spacial score (nSPS) is 10.2. The van der Waals surface area contributed by atoms with Crippen molar-refractivity contribution in [1.82, 2.24) is 20.2 Å². The van der Waals surface area contributed by atoms with Gasteiger partial charge in [0.1, 0.15) is 10.8 Å². The van der Waals surface area contributed by atoms with Crippen LogP contribution in [-0.2, 0) is 4.74 Å².